The lowest BCUT2D eigenvalue weighted by molar-refractivity contribution is 0.251. The van der Waals surface area contributed by atoms with Crippen molar-refractivity contribution in [3.63, 3.8) is 0 Å². The molecule has 180 valence electrons. The Morgan fingerprint density at radius 3 is 3.00 bits per heavy atom. The fourth-order valence-corrected chi connectivity index (χ4v) is 4.69. The quantitative estimate of drug-likeness (QED) is 0.320. The Morgan fingerprint density at radius 1 is 1.19 bits per heavy atom. The van der Waals surface area contributed by atoms with Gasteiger partial charge in [0.25, 0.3) is 0 Å². The van der Waals surface area contributed by atoms with Crippen LogP contribution in [0.25, 0.3) is 22.5 Å². The van der Waals surface area contributed by atoms with Crippen molar-refractivity contribution in [3.05, 3.63) is 78.6 Å². The number of amides is 2. The number of carbonyl (C=O) groups is 1. The molecule has 3 N–H and O–H groups in total. The van der Waals surface area contributed by atoms with Gasteiger partial charge < -0.3 is 20.0 Å². The predicted molar refractivity (Wildman–Crippen MR) is 136 cm³/mol. The Kier molecular flexibility index (Phi) is 5.53. The number of aryl methyl sites for hydroxylation is 1. The highest BCUT2D eigenvalue weighted by atomic mass is 16.3. The van der Waals surface area contributed by atoms with Crippen LogP contribution in [0.4, 0.5) is 22.0 Å². The van der Waals surface area contributed by atoms with Crippen LogP contribution < -0.4 is 15.5 Å². The van der Waals surface area contributed by atoms with Crippen LogP contribution in [0.1, 0.15) is 23.5 Å². The van der Waals surface area contributed by atoms with Crippen LogP contribution in [-0.4, -0.2) is 44.3 Å². The molecule has 0 radical (unpaired) electrons. The Balaban J connectivity index is 1.12. The van der Waals surface area contributed by atoms with Crippen LogP contribution >= 0.6 is 0 Å². The third kappa shape index (κ3) is 4.02. The fraction of sp³-hybridized carbons (Fsp3) is 0.192. The molecule has 0 bridgehead atoms. The first-order chi connectivity index (χ1) is 17.7. The van der Waals surface area contributed by atoms with Crippen LogP contribution in [0.15, 0.2) is 71.9 Å². The van der Waals surface area contributed by atoms with Crippen molar-refractivity contribution in [1.29, 1.82) is 0 Å². The third-order valence-electron chi connectivity index (χ3n) is 6.50. The van der Waals surface area contributed by atoms with Gasteiger partial charge in [0.2, 0.25) is 5.89 Å². The molecule has 10 heteroatoms. The number of urea groups is 1. The van der Waals surface area contributed by atoms with Crippen LogP contribution in [0.2, 0.25) is 0 Å². The minimum Gasteiger partial charge on any atom is -0.445 e. The van der Waals surface area contributed by atoms with Gasteiger partial charge in [-0.15, -0.1) is 0 Å². The van der Waals surface area contributed by atoms with Crippen molar-refractivity contribution in [2.24, 2.45) is 0 Å². The zero-order chi connectivity index (χ0) is 24.5. The number of nitrogens with one attached hydrogen (secondary N) is 3. The van der Waals surface area contributed by atoms with Crippen LogP contribution in [0.3, 0.4) is 0 Å². The standard InChI is InChI=1S/C26H24N8O2/c1-16-6-7-17(25-27-10-11-36-25)12-21(16)32-26(35)28-9-8-18-14-34(22-5-3-2-4-19(18)22)24-20-13-31-33-23(20)29-15-30-24/h2-7,10-13,15,18H,8-9,14H2,1H3,(H2,28,32,35)(H,29,30,31,33). The average Bonchev–Trinajstić information content (AvgIpc) is 3.66. The van der Waals surface area contributed by atoms with E-state index in [-0.39, 0.29) is 11.9 Å². The van der Waals surface area contributed by atoms with E-state index < -0.39 is 0 Å². The van der Waals surface area contributed by atoms with E-state index in [0.29, 0.717) is 23.8 Å². The number of anilines is 3. The van der Waals surface area contributed by atoms with Gasteiger partial charge in [0.1, 0.15) is 18.4 Å². The molecule has 1 atom stereocenters. The summed E-state index contributed by atoms with van der Waals surface area (Å²) in [5, 5.41) is 13.9. The Labute approximate surface area is 206 Å². The lowest BCUT2D eigenvalue weighted by Gasteiger charge is -2.19. The number of benzene rings is 2. The molecule has 36 heavy (non-hydrogen) atoms. The van der Waals surface area contributed by atoms with Crippen molar-refractivity contribution < 1.29 is 9.21 Å². The number of fused-ring (bicyclic) bond motifs is 2. The Hall–Kier alpha value is -4.73. The van der Waals surface area contributed by atoms with E-state index in [1.54, 1.807) is 18.7 Å². The molecule has 5 aromatic rings. The monoisotopic (exact) mass is 480 g/mol. The van der Waals surface area contributed by atoms with Crippen LogP contribution in [0.5, 0.6) is 0 Å². The van der Waals surface area contributed by atoms with Gasteiger partial charge in [-0.2, -0.15) is 5.10 Å². The summed E-state index contributed by atoms with van der Waals surface area (Å²) in [7, 11) is 0. The number of hydrogen-bond donors (Lipinski definition) is 3. The second-order valence-electron chi connectivity index (χ2n) is 8.73. The SMILES string of the molecule is Cc1ccc(-c2ncco2)cc1NC(=O)NCCC1CN(c2ncnc3[nH]ncc23)c2ccccc21. The molecule has 4 heterocycles. The molecule has 1 unspecified atom stereocenters. The van der Waals surface area contributed by atoms with Crippen LogP contribution in [-0.2, 0) is 0 Å². The number of nitrogens with zero attached hydrogens (tertiary/aromatic N) is 5. The summed E-state index contributed by atoms with van der Waals surface area (Å²) in [6, 6.07) is 13.8. The molecule has 0 saturated heterocycles. The molecule has 1 aliphatic rings. The minimum absolute atomic E-state index is 0.244. The molecule has 0 saturated carbocycles. The van der Waals surface area contributed by atoms with E-state index in [2.05, 4.69) is 52.8 Å². The highest BCUT2D eigenvalue weighted by Gasteiger charge is 2.31. The number of aromatic nitrogens is 5. The number of para-hydroxylation sites is 1. The largest absolute Gasteiger partial charge is 0.445 e. The van der Waals surface area contributed by atoms with E-state index in [4.69, 9.17) is 4.42 Å². The first-order valence-electron chi connectivity index (χ1n) is 11.7. The average molecular weight is 481 g/mol. The van der Waals surface area contributed by atoms with Crippen molar-refractivity contribution in [2.45, 2.75) is 19.3 Å². The second-order valence-corrected chi connectivity index (χ2v) is 8.73. The van der Waals surface area contributed by atoms with Crippen molar-refractivity contribution in [1.82, 2.24) is 30.5 Å². The summed E-state index contributed by atoms with van der Waals surface area (Å²) in [4.78, 5) is 27.9. The van der Waals surface area contributed by atoms with Crippen molar-refractivity contribution in [2.75, 3.05) is 23.3 Å². The Bertz CT molecular complexity index is 1530. The smallest absolute Gasteiger partial charge is 0.319 e. The molecule has 2 amide bonds. The number of H-pyrrole nitrogens is 1. The molecule has 10 nitrogen and oxygen atoms in total. The lowest BCUT2D eigenvalue weighted by Crippen LogP contribution is -2.31. The predicted octanol–water partition coefficient (Wildman–Crippen LogP) is 4.76. The molecular formula is C26H24N8O2. The van der Waals surface area contributed by atoms with E-state index in [0.717, 1.165) is 41.0 Å². The van der Waals surface area contributed by atoms with Crippen molar-refractivity contribution in [3.8, 4) is 11.5 Å². The molecular weight excluding hydrogens is 456 g/mol. The van der Waals surface area contributed by atoms with Gasteiger partial charge in [-0.1, -0.05) is 24.3 Å². The topological polar surface area (TPSA) is 125 Å². The van der Waals surface area contributed by atoms with Gasteiger partial charge in [-0.05, 0) is 42.7 Å². The first-order valence-corrected chi connectivity index (χ1v) is 11.7. The second kappa shape index (κ2) is 9.14. The summed E-state index contributed by atoms with van der Waals surface area (Å²) in [5.74, 6) is 1.59. The number of carbonyl (C=O) groups excluding carboxylic acids is 1. The lowest BCUT2D eigenvalue weighted by atomic mass is 9.98. The number of aromatic amines is 1. The summed E-state index contributed by atoms with van der Waals surface area (Å²) in [6.45, 7) is 3.24. The summed E-state index contributed by atoms with van der Waals surface area (Å²) in [5.41, 5.74) is 5.54. The zero-order valence-electron chi connectivity index (χ0n) is 19.6. The maximum absolute atomic E-state index is 12.7. The van der Waals surface area contributed by atoms with Gasteiger partial charge >= 0.3 is 6.03 Å². The molecule has 2 aromatic carbocycles. The van der Waals surface area contributed by atoms with E-state index in [1.165, 1.54) is 11.8 Å². The van der Waals surface area contributed by atoms with E-state index in [9.17, 15) is 4.79 Å². The van der Waals surface area contributed by atoms with Gasteiger partial charge in [-0.25, -0.2) is 19.7 Å². The zero-order valence-corrected chi connectivity index (χ0v) is 19.6. The summed E-state index contributed by atoms with van der Waals surface area (Å²) in [6.07, 6.45) is 7.22. The number of hydrogen-bond acceptors (Lipinski definition) is 7. The minimum atomic E-state index is -0.248. The maximum Gasteiger partial charge on any atom is 0.319 e. The van der Waals surface area contributed by atoms with Gasteiger partial charge in [0, 0.05) is 35.9 Å². The normalized spacial score (nSPS) is 14.7. The molecule has 0 spiro atoms. The van der Waals surface area contributed by atoms with Gasteiger partial charge in [-0.3, -0.25) is 5.10 Å². The highest BCUT2D eigenvalue weighted by Crippen LogP contribution is 2.42. The first kappa shape index (κ1) is 21.8. The van der Waals surface area contributed by atoms with E-state index >= 15 is 0 Å². The fourth-order valence-electron chi connectivity index (χ4n) is 4.69. The molecule has 1 aliphatic heterocycles. The molecule has 0 fully saturated rings. The molecule has 6 rings (SSSR count). The highest BCUT2D eigenvalue weighted by molar-refractivity contribution is 5.91. The summed E-state index contributed by atoms with van der Waals surface area (Å²) < 4.78 is 5.37. The van der Waals surface area contributed by atoms with E-state index in [1.807, 2.05) is 37.3 Å². The van der Waals surface area contributed by atoms with Gasteiger partial charge in [0.05, 0.1) is 17.8 Å². The van der Waals surface area contributed by atoms with Crippen LogP contribution in [0, 0.1) is 6.92 Å². The molecule has 3 aromatic heterocycles. The van der Waals surface area contributed by atoms with Crippen molar-refractivity contribution >= 4 is 34.3 Å². The number of oxazole rings is 1. The maximum atomic E-state index is 12.7. The molecule has 0 aliphatic carbocycles. The summed E-state index contributed by atoms with van der Waals surface area (Å²) >= 11 is 0. The Morgan fingerprint density at radius 2 is 2.11 bits per heavy atom. The number of rotatable bonds is 6. The van der Waals surface area contributed by atoms with Gasteiger partial charge in [0.15, 0.2) is 5.65 Å². The third-order valence-corrected chi connectivity index (χ3v) is 6.50.